The molecule has 1 atom stereocenters. The van der Waals surface area contributed by atoms with Gasteiger partial charge in [-0.2, -0.15) is 13.2 Å². The maximum atomic E-state index is 13.9. The molecule has 0 heterocycles. The Labute approximate surface area is 123 Å². The van der Waals surface area contributed by atoms with Gasteiger partial charge in [0.25, 0.3) is 0 Å². The van der Waals surface area contributed by atoms with Gasteiger partial charge in [-0.25, -0.2) is 9.82 Å². The average Bonchev–Trinajstić information content (AvgIpc) is 2.41. The molecule has 0 aliphatic rings. The Hall–Kier alpha value is -1.63. The Morgan fingerprint density at radius 2 is 1.81 bits per heavy atom. The third-order valence-electron chi connectivity index (χ3n) is 2.99. The van der Waals surface area contributed by atoms with E-state index < -0.39 is 23.6 Å². The second-order valence-corrected chi connectivity index (χ2v) is 4.83. The Kier molecular flexibility index (Phi) is 4.51. The zero-order chi connectivity index (χ0) is 15.6. The van der Waals surface area contributed by atoms with Crippen LogP contribution in [0.1, 0.15) is 22.7 Å². The van der Waals surface area contributed by atoms with Gasteiger partial charge in [0, 0.05) is 10.6 Å². The molecule has 0 amide bonds. The summed E-state index contributed by atoms with van der Waals surface area (Å²) in [4.78, 5) is 0. The molecule has 0 radical (unpaired) electrons. The highest BCUT2D eigenvalue weighted by Crippen LogP contribution is 2.32. The van der Waals surface area contributed by atoms with E-state index in [1.807, 2.05) is 0 Å². The molecule has 2 aromatic carbocycles. The minimum absolute atomic E-state index is 0.112. The van der Waals surface area contributed by atoms with Gasteiger partial charge in [-0.3, -0.25) is 5.84 Å². The number of nitrogens with two attached hydrogens (primary N) is 1. The van der Waals surface area contributed by atoms with Gasteiger partial charge in [0.2, 0.25) is 0 Å². The van der Waals surface area contributed by atoms with Gasteiger partial charge in [0.15, 0.2) is 0 Å². The maximum Gasteiger partial charge on any atom is 0.416 e. The first kappa shape index (κ1) is 15.8. The van der Waals surface area contributed by atoms with Crippen molar-refractivity contribution in [3.63, 3.8) is 0 Å². The SMILES string of the molecule is NNC(c1cccc(C(F)(F)F)c1)c1ccc(Cl)cc1F. The van der Waals surface area contributed by atoms with Crippen LogP contribution in [0.4, 0.5) is 17.6 Å². The van der Waals surface area contributed by atoms with E-state index in [1.54, 1.807) is 0 Å². The predicted molar refractivity (Wildman–Crippen MR) is 72.0 cm³/mol. The molecule has 0 bridgehead atoms. The van der Waals surface area contributed by atoms with Crippen molar-refractivity contribution in [1.82, 2.24) is 5.43 Å². The fraction of sp³-hybridized carbons (Fsp3) is 0.143. The molecule has 0 aromatic heterocycles. The van der Waals surface area contributed by atoms with Crippen molar-refractivity contribution in [2.45, 2.75) is 12.2 Å². The molecule has 2 rings (SSSR count). The monoisotopic (exact) mass is 318 g/mol. The first-order valence-electron chi connectivity index (χ1n) is 5.91. The van der Waals surface area contributed by atoms with E-state index >= 15 is 0 Å². The minimum atomic E-state index is -4.48. The van der Waals surface area contributed by atoms with Crippen LogP contribution in [-0.4, -0.2) is 0 Å². The molecular weight excluding hydrogens is 308 g/mol. The van der Waals surface area contributed by atoms with E-state index in [0.717, 1.165) is 18.2 Å². The lowest BCUT2D eigenvalue weighted by Crippen LogP contribution is -2.29. The van der Waals surface area contributed by atoms with Gasteiger partial charge in [0.05, 0.1) is 11.6 Å². The fourth-order valence-corrected chi connectivity index (χ4v) is 2.15. The normalized spacial score (nSPS) is 13.2. The Bertz CT molecular complexity index is 643. The molecule has 0 aliphatic carbocycles. The van der Waals surface area contributed by atoms with E-state index in [4.69, 9.17) is 17.4 Å². The van der Waals surface area contributed by atoms with E-state index in [2.05, 4.69) is 5.43 Å². The molecule has 1 unspecified atom stereocenters. The summed E-state index contributed by atoms with van der Waals surface area (Å²) in [5, 5.41) is 0.191. The summed E-state index contributed by atoms with van der Waals surface area (Å²) in [6.45, 7) is 0. The molecule has 0 saturated heterocycles. The van der Waals surface area contributed by atoms with Crippen LogP contribution >= 0.6 is 11.6 Å². The number of alkyl halides is 3. The van der Waals surface area contributed by atoms with Crippen LogP contribution < -0.4 is 11.3 Å². The van der Waals surface area contributed by atoms with Crippen LogP contribution in [-0.2, 0) is 6.18 Å². The highest BCUT2D eigenvalue weighted by Gasteiger charge is 2.31. The van der Waals surface area contributed by atoms with Crippen LogP contribution in [0.2, 0.25) is 5.02 Å². The number of hydrogen-bond donors (Lipinski definition) is 2. The van der Waals surface area contributed by atoms with Gasteiger partial charge in [-0.1, -0.05) is 29.8 Å². The highest BCUT2D eigenvalue weighted by molar-refractivity contribution is 6.30. The lowest BCUT2D eigenvalue weighted by atomic mass is 9.97. The Balaban J connectivity index is 2.47. The topological polar surface area (TPSA) is 38.0 Å². The fourth-order valence-electron chi connectivity index (χ4n) is 2.00. The number of halogens is 5. The molecule has 2 aromatic rings. The zero-order valence-corrected chi connectivity index (χ0v) is 11.3. The molecule has 3 N–H and O–H groups in total. The number of hydrazine groups is 1. The van der Waals surface area contributed by atoms with Crippen molar-refractivity contribution in [3.05, 3.63) is 70.0 Å². The van der Waals surface area contributed by atoms with Gasteiger partial charge < -0.3 is 0 Å². The first-order valence-corrected chi connectivity index (χ1v) is 6.29. The Morgan fingerprint density at radius 3 is 2.38 bits per heavy atom. The molecule has 112 valence electrons. The Morgan fingerprint density at radius 1 is 1.10 bits per heavy atom. The van der Waals surface area contributed by atoms with Crippen LogP contribution in [0.5, 0.6) is 0 Å². The number of hydrogen-bond acceptors (Lipinski definition) is 2. The van der Waals surface area contributed by atoms with Crippen molar-refractivity contribution < 1.29 is 17.6 Å². The summed E-state index contributed by atoms with van der Waals surface area (Å²) < 4.78 is 52.1. The molecule has 21 heavy (non-hydrogen) atoms. The number of rotatable bonds is 3. The van der Waals surface area contributed by atoms with Gasteiger partial charge in [-0.05, 0) is 29.8 Å². The molecule has 0 fully saturated rings. The smallest absolute Gasteiger partial charge is 0.271 e. The number of benzene rings is 2. The molecule has 0 aliphatic heterocycles. The quantitative estimate of drug-likeness (QED) is 0.509. The second-order valence-electron chi connectivity index (χ2n) is 4.39. The number of nitrogens with one attached hydrogen (secondary N) is 1. The largest absolute Gasteiger partial charge is 0.416 e. The van der Waals surface area contributed by atoms with Crippen molar-refractivity contribution in [2.75, 3.05) is 0 Å². The van der Waals surface area contributed by atoms with E-state index in [9.17, 15) is 17.6 Å². The van der Waals surface area contributed by atoms with Crippen molar-refractivity contribution in [3.8, 4) is 0 Å². The second kappa shape index (κ2) is 6.01. The van der Waals surface area contributed by atoms with E-state index in [-0.39, 0.29) is 16.1 Å². The van der Waals surface area contributed by atoms with Gasteiger partial charge in [0.1, 0.15) is 5.82 Å². The molecule has 7 heteroatoms. The van der Waals surface area contributed by atoms with Gasteiger partial charge >= 0.3 is 6.18 Å². The summed E-state index contributed by atoms with van der Waals surface area (Å²) in [5.74, 6) is 4.72. The van der Waals surface area contributed by atoms with Crippen LogP contribution in [0.3, 0.4) is 0 Å². The predicted octanol–water partition coefficient (Wildman–Crippen LogP) is 4.05. The zero-order valence-electron chi connectivity index (χ0n) is 10.6. The highest BCUT2D eigenvalue weighted by atomic mass is 35.5. The van der Waals surface area contributed by atoms with E-state index in [1.165, 1.54) is 24.3 Å². The molecule has 0 saturated carbocycles. The van der Waals surface area contributed by atoms with Crippen molar-refractivity contribution in [1.29, 1.82) is 0 Å². The lowest BCUT2D eigenvalue weighted by Gasteiger charge is -2.19. The van der Waals surface area contributed by atoms with Crippen LogP contribution in [0.15, 0.2) is 42.5 Å². The lowest BCUT2D eigenvalue weighted by molar-refractivity contribution is -0.137. The van der Waals surface area contributed by atoms with Crippen molar-refractivity contribution in [2.24, 2.45) is 5.84 Å². The average molecular weight is 319 g/mol. The summed E-state index contributed by atoms with van der Waals surface area (Å²) in [5.41, 5.74) is 1.81. The first-order chi connectivity index (χ1) is 9.82. The molecule has 0 spiro atoms. The van der Waals surface area contributed by atoms with E-state index in [0.29, 0.717) is 0 Å². The van der Waals surface area contributed by atoms with Crippen LogP contribution in [0.25, 0.3) is 0 Å². The summed E-state index contributed by atoms with van der Waals surface area (Å²) in [6, 6.07) is 7.54. The minimum Gasteiger partial charge on any atom is -0.271 e. The third-order valence-corrected chi connectivity index (χ3v) is 3.22. The third kappa shape index (κ3) is 3.53. The van der Waals surface area contributed by atoms with Gasteiger partial charge in [-0.15, -0.1) is 0 Å². The molecular formula is C14H11ClF4N2. The van der Waals surface area contributed by atoms with Crippen LogP contribution in [0, 0.1) is 5.82 Å². The summed E-state index contributed by atoms with van der Waals surface area (Å²) >= 11 is 5.66. The van der Waals surface area contributed by atoms with Crippen molar-refractivity contribution >= 4 is 11.6 Å². The standard InChI is InChI=1S/C14H11ClF4N2/c15-10-4-5-11(12(16)7-10)13(21-20)8-2-1-3-9(6-8)14(17,18)19/h1-7,13,21H,20H2. The summed E-state index contributed by atoms with van der Waals surface area (Å²) in [7, 11) is 0. The maximum absolute atomic E-state index is 13.9. The summed E-state index contributed by atoms with van der Waals surface area (Å²) in [6.07, 6.45) is -4.48. The molecule has 2 nitrogen and oxygen atoms in total.